The molecule has 2 aromatic rings. The lowest BCUT2D eigenvalue weighted by Gasteiger charge is -2.16. The maximum absolute atomic E-state index is 12.5. The molecule has 0 spiro atoms. The summed E-state index contributed by atoms with van der Waals surface area (Å²) >= 11 is 18.4. The zero-order valence-electron chi connectivity index (χ0n) is 12.3. The van der Waals surface area contributed by atoms with Crippen molar-refractivity contribution in [2.45, 2.75) is 17.4 Å². The van der Waals surface area contributed by atoms with Gasteiger partial charge in [0, 0.05) is 5.02 Å². The third kappa shape index (κ3) is 4.84. The topological polar surface area (TPSA) is 72.5 Å². The molecule has 0 fully saturated rings. The molecular formula is C14H12Cl3NO4S2. The molecule has 2 rings (SSSR count). The molecule has 0 aliphatic carbocycles. The summed E-state index contributed by atoms with van der Waals surface area (Å²) in [5.41, 5.74) is 0.715. The van der Waals surface area contributed by atoms with E-state index in [0.29, 0.717) is 10.6 Å². The molecule has 1 N–H and O–H groups in total. The Labute approximate surface area is 158 Å². The van der Waals surface area contributed by atoms with Crippen LogP contribution >= 0.6 is 46.1 Å². The van der Waals surface area contributed by atoms with Gasteiger partial charge in [-0.25, -0.2) is 8.42 Å². The molecule has 1 atom stereocenters. The second-order valence-corrected chi connectivity index (χ2v) is 9.12. The number of esters is 1. The van der Waals surface area contributed by atoms with E-state index in [0.717, 1.165) is 11.3 Å². The molecule has 130 valence electrons. The summed E-state index contributed by atoms with van der Waals surface area (Å²) in [6.07, 6.45) is 0.0958. The largest absolute Gasteiger partial charge is 0.468 e. The number of thiophene rings is 1. The minimum absolute atomic E-state index is 0.0163. The van der Waals surface area contributed by atoms with Gasteiger partial charge in [-0.3, -0.25) is 4.79 Å². The van der Waals surface area contributed by atoms with Crippen LogP contribution in [0.25, 0.3) is 0 Å². The number of carbonyl (C=O) groups excluding carboxylic acids is 1. The molecule has 24 heavy (non-hydrogen) atoms. The van der Waals surface area contributed by atoms with Gasteiger partial charge >= 0.3 is 5.97 Å². The summed E-state index contributed by atoms with van der Waals surface area (Å²) in [4.78, 5) is 11.8. The van der Waals surface area contributed by atoms with Gasteiger partial charge in [0.05, 0.1) is 11.4 Å². The molecule has 10 heteroatoms. The fourth-order valence-electron chi connectivity index (χ4n) is 1.93. The van der Waals surface area contributed by atoms with Crippen LogP contribution in [0.1, 0.15) is 5.56 Å². The van der Waals surface area contributed by atoms with Crippen molar-refractivity contribution in [3.63, 3.8) is 0 Å². The Bertz CT molecular complexity index is 834. The highest BCUT2D eigenvalue weighted by molar-refractivity contribution is 7.89. The zero-order chi connectivity index (χ0) is 17.9. The number of nitrogens with one attached hydrogen (secondary N) is 1. The van der Waals surface area contributed by atoms with Crippen molar-refractivity contribution in [1.82, 2.24) is 4.72 Å². The van der Waals surface area contributed by atoms with Crippen molar-refractivity contribution in [3.05, 3.63) is 49.6 Å². The molecule has 0 saturated carbocycles. The summed E-state index contributed by atoms with van der Waals surface area (Å²) in [5, 5.41) is 0.536. The molecule has 1 aromatic heterocycles. The number of carbonyl (C=O) groups is 1. The Balaban J connectivity index is 2.27. The minimum Gasteiger partial charge on any atom is -0.468 e. The Morgan fingerprint density at radius 3 is 2.38 bits per heavy atom. The number of sulfonamides is 1. The maximum atomic E-state index is 12.5. The van der Waals surface area contributed by atoms with Crippen molar-refractivity contribution in [2.75, 3.05) is 7.11 Å². The van der Waals surface area contributed by atoms with Gasteiger partial charge in [0.1, 0.15) is 15.3 Å². The maximum Gasteiger partial charge on any atom is 0.324 e. The number of methoxy groups -OCH3 is 1. The molecule has 0 aliphatic heterocycles. The lowest BCUT2D eigenvalue weighted by molar-refractivity contribution is -0.142. The summed E-state index contributed by atoms with van der Waals surface area (Å²) in [7, 11) is -2.86. The van der Waals surface area contributed by atoms with Crippen LogP contribution in [0.5, 0.6) is 0 Å². The van der Waals surface area contributed by atoms with Gasteiger partial charge in [0.25, 0.3) is 0 Å². The van der Waals surface area contributed by atoms with Crippen molar-refractivity contribution < 1.29 is 17.9 Å². The first kappa shape index (κ1) is 19.5. The Morgan fingerprint density at radius 1 is 1.25 bits per heavy atom. The van der Waals surface area contributed by atoms with Crippen LogP contribution in [0.15, 0.2) is 35.2 Å². The van der Waals surface area contributed by atoms with E-state index in [9.17, 15) is 13.2 Å². The highest BCUT2D eigenvalue weighted by Gasteiger charge is 2.29. The van der Waals surface area contributed by atoms with E-state index in [1.54, 1.807) is 24.3 Å². The summed E-state index contributed by atoms with van der Waals surface area (Å²) in [6, 6.07) is 6.80. The smallest absolute Gasteiger partial charge is 0.324 e. The molecular weight excluding hydrogens is 417 g/mol. The Morgan fingerprint density at radius 2 is 1.88 bits per heavy atom. The minimum atomic E-state index is -4.04. The van der Waals surface area contributed by atoms with E-state index >= 15 is 0 Å². The first-order valence-electron chi connectivity index (χ1n) is 6.52. The van der Waals surface area contributed by atoms with Crippen molar-refractivity contribution >= 4 is 62.1 Å². The van der Waals surface area contributed by atoms with Crippen molar-refractivity contribution in [1.29, 1.82) is 0 Å². The van der Waals surface area contributed by atoms with E-state index in [2.05, 4.69) is 9.46 Å². The van der Waals surface area contributed by atoms with Crippen LogP contribution in [-0.4, -0.2) is 27.5 Å². The average Bonchev–Trinajstić information content (AvgIpc) is 2.87. The number of hydrogen-bond acceptors (Lipinski definition) is 5. The lowest BCUT2D eigenvalue weighted by atomic mass is 10.1. The fraction of sp³-hybridized carbons (Fsp3) is 0.214. The van der Waals surface area contributed by atoms with Crippen LogP contribution in [0.2, 0.25) is 13.7 Å². The second kappa shape index (κ2) is 8.03. The predicted octanol–water partition coefficient (Wildman–Crippen LogP) is 3.77. The van der Waals surface area contributed by atoms with Gasteiger partial charge in [0.2, 0.25) is 10.0 Å². The monoisotopic (exact) mass is 427 g/mol. The average molecular weight is 429 g/mol. The molecule has 1 heterocycles. The van der Waals surface area contributed by atoms with E-state index in [-0.39, 0.29) is 20.0 Å². The first-order chi connectivity index (χ1) is 11.2. The number of rotatable bonds is 6. The van der Waals surface area contributed by atoms with Gasteiger partial charge in [0.15, 0.2) is 0 Å². The van der Waals surface area contributed by atoms with E-state index in [4.69, 9.17) is 34.8 Å². The van der Waals surface area contributed by atoms with Gasteiger partial charge in [-0.15, -0.1) is 11.3 Å². The highest BCUT2D eigenvalue weighted by atomic mass is 35.5. The number of hydrogen-bond donors (Lipinski definition) is 1. The molecule has 0 aliphatic rings. The zero-order valence-corrected chi connectivity index (χ0v) is 16.2. The third-order valence-electron chi connectivity index (χ3n) is 3.05. The quantitative estimate of drug-likeness (QED) is 0.711. The molecule has 0 bridgehead atoms. The number of benzene rings is 1. The Hall–Kier alpha value is -0.830. The van der Waals surface area contributed by atoms with E-state index in [1.807, 2.05) is 0 Å². The highest BCUT2D eigenvalue weighted by Crippen LogP contribution is 2.34. The molecule has 0 radical (unpaired) electrons. The van der Waals surface area contributed by atoms with Gasteiger partial charge in [-0.1, -0.05) is 46.9 Å². The van der Waals surface area contributed by atoms with Crippen molar-refractivity contribution in [2.24, 2.45) is 0 Å². The van der Waals surface area contributed by atoms with Crippen LogP contribution in [-0.2, 0) is 26.0 Å². The number of ether oxygens (including phenoxy) is 1. The number of halogens is 3. The molecule has 1 aromatic carbocycles. The lowest BCUT2D eigenvalue weighted by Crippen LogP contribution is -2.42. The van der Waals surface area contributed by atoms with Crippen molar-refractivity contribution in [3.8, 4) is 0 Å². The van der Waals surface area contributed by atoms with E-state index < -0.39 is 22.0 Å². The second-order valence-electron chi connectivity index (χ2n) is 4.72. The Kier molecular flexibility index (Phi) is 6.52. The fourth-order valence-corrected chi connectivity index (χ4v) is 5.39. The van der Waals surface area contributed by atoms with Crippen LogP contribution in [0, 0.1) is 0 Å². The predicted molar refractivity (Wildman–Crippen MR) is 95.6 cm³/mol. The molecule has 1 unspecified atom stereocenters. The SMILES string of the molecule is COC(=O)C(Cc1ccc(Cl)cc1)NS(=O)(=O)c1cc(Cl)sc1Cl. The van der Waals surface area contributed by atoms with Gasteiger partial charge in [-0.05, 0) is 30.2 Å². The third-order valence-corrected chi connectivity index (χ3v) is 6.53. The summed E-state index contributed by atoms with van der Waals surface area (Å²) < 4.78 is 32.2. The van der Waals surface area contributed by atoms with E-state index in [1.165, 1.54) is 13.2 Å². The summed E-state index contributed by atoms with van der Waals surface area (Å²) in [6.45, 7) is 0. The van der Waals surface area contributed by atoms with Gasteiger partial charge in [-0.2, -0.15) is 4.72 Å². The van der Waals surface area contributed by atoms with Gasteiger partial charge < -0.3 is 4.74 Å². The molecule has 5 nitrogen and oxygen atoms in total. The first-order valence-corrected chi connectivity index (χ1v) is 9.95. The standard InChI is InChI=1S/C14H12Cl3NO4S2/c1-22-14(19)10(6-8-2-4-9(15)5-3-8)18-24(20,21)11-7-12(16)23-13(11)17/h2-5,7,10,18H,6H2,1H3. The molecule has 0 amide bonds. The normalized spacial score (nSPS) is 12.8. The van der Waals surface area contributed by atoms with Crippen LogP contribution in [0.4, 0.5) is 0 Å². The van der Waals surface area contributed by atoms with Crippen LogP contribution in [0.3, 0.4) is 0 Å². The van der Waals surface area contributed by atoms with Crippen LogP contribution < -0.4 is 4.72 Å². The molecule has 0 saturated heterocycles. The summed E-state index contributed by atoms with van der Waals surface area (Å²) in [5.74, 6) is -0.717.